The predicted molar refractivity (Wildman–Crippen MR) is 98.3 cm³/mol. The summed E-state index contributed by atoms with van der Waals surface area (Å²) < 4.78 is 6.49. The first-order valence-corrected chi connectivity index (χ1v) is 8.61. The lowest BCUT2D eigenvalue weighted by Gasteiger charge is -2.11. The lowest BCUT2D eigenvalue weighted by atomic mass is 9.99. The fraction of sp³-hybridized carbons (Fsp3) is 0.263. The van der Waals surface area contributed by atoms with E-state index in [4.69, 9.17) is 4.74 Å². The minimum atomic E-state index is -0.0221. The van der Waals surface area contributed by atoms with Crippen molar-refractivity contribution in [2.45, 2.75) is 6.42 Å². The van der Waals surface area contributed by atoms with Gasteiger partial charge >= 0.3 is 0 Å². The molecule has 0 aliphatic rings. The molecule has 1 aromatic carbocycles. The van der Waals surface area contributed by atoms with Crippen molar-refractivity contribution in [2.75, 3.05) is 27.7 Å². The Kier molecular flexibility index (Phi) is 4.92. The topological polar surface area (TPSA) is 42.4 Å². The number of benzene rings is 1. The molecular weight excluding hydrogens is 320 g/mol. The Labute approximate surface area is 145 Å². The van der Waals surface area contributed by atoms with Crippen molar-refractivity contribution >= 4 is 27.2 Å². The van der Waals surface area contributed by atoms with E-state index in [1.807, 2.05) is 32.3 Å². The van der Waals surface area contributed by atoms with Crippen molar-refractivity contribution in [1.82, 2.24) is 9.88 Å². The smallest absolute Gasteiger partial charge is 0.200 e. The normalized spacial score (nSPS) is 11.2. The molecule has 2 heterocycles. The summed E-state index contributed by atoms with van der Waals surface area (Å²) in [6.07, 6.45) is 4.06. The molecule has 4 nitrogen and oxygen atoms in total. The van der Waals surface area contributed by atoms with Gasteiger partial charge in [-0.2, -0.15) is 0 Å². The van der Waals surface area contributed by atoms with Crippen molar-refractivity contribution in [1.29, 1.82) is 0 Å². The van der Waals surface area contributed by atoms with E-state index in [1.54, 1.807) is 36.9 Å². The van der Waals surface area contributed by atoms with Gasteiger partial charge in [-0.25, -0.2) is 0 Å². The molecule has 0 aliphatic carbocycles. The van der Waals surface area contributed by atoms with Crippen LogP contribution in [0.5, 0.6) is 5.75 Å². The number of carbonyl (C=O) groups excluding carboxylic acids is 1. The van der Waals surface area contributed by atoms with E-state index in [1.165, 1.54) is 0 Å². The summed E-state index contributed by atoms with van der Waals surface area (Å²) in [6, 6.07) is 9.79. The number of nitrogens with zero attached hydrogens (tertiary/aromatic N) is 2. The van der Waals surface area contributed by atoms with Gasteiger partial charge in [-0.05, 0) is 32.6 Å². The molecule has 0 amide bonds. The molecule has 0 fully saturated rings. The Morgan fingerprint density at radius 3 is 2.79 bits per heavy atom. The number of pyridine rings is 1. The van der Waals surface area contributed by atoms with Gasteiger partial charge in [0.25, 0.3) is 0 Å². The van der Waals surface area contributed by atoms with Crippen LogP contribution in [0.3, 0.4) is 0 Å². The molecule has 3 rings (SSSR count). The second-order valence-corrected chi connectivity index (χ2v) is 6.99. The Balaban J connectivity index is 2.12. The molecule has 124 valence electrons. The molecular formula is C19H20N2O2S. The Bertz CT molecular complexity index is 871. The minimum absolute atomic E-state index is 0.0221. The summed E-state index contributed by atoms with van der Waals surface area (Å²) in [5.41, 5.74) is 1.29. The van der Waals surface area contributed by atoms with E-state index in [9.17, 15) is 4.79 Å². The van der Waals surface area contributed by atoms with Gasteiger partial charge in [0.1, 0.15) is 5.75 Å². The van der Waals surface area contributed by atoms with Crippen LogP contribution in [0.4, 0.5) is 0 Å². The minimum Gasteiger partial charge on any atom is -0.496 e. The molecule has 0 saturated carbocycles. The van der Waals surface area contributed by atoms with E-state index < -0.39 is 0 Å². The lowest BCUT2D eigenvalue weighted by molar-refractivity contribution is 0.103. The first-order chi connectivity index (χ1) is 11.6. The first-order valence-electron chi connectivity index (χ1n) is 7.79. The van der Waals surface area contributed by atoms with Gasteiger partial charge in [-0.15, -0.1) is 11.3 Å². The van der Waals surface area contributed by atoms with Crippen LogP contribution in [0, 0.1) is 0 Å². The van der Waals surface area contributed by atoms with Crippen LogP contribution in [-0.4, -0.2) is 43.4 Å². The van der Waals surface area contributed by atoms with Gasteiger partial charge in [0, 0.05) is 39.5 Å². The number of fused-ring (bicyclic) bond motifs is 1. The Morgan fingerprint density at radius 2 is 2.04 bits per heavy atom. The number of likely N-dealkylation sites (N-methyl/N-ethyl adjacent to an activating group) is 1. The van der Waals surface area contributed by atoms with Crippen LogP contribution < -0.4 is 4.74 Å². The van der Waals surface area contributed by atoms with E-state index >= 15 is 0 Å². The monoisotopic (exact) mass is 340 g/mol. The van der Waals surface area contributed by atoms with Gasteiger partial charge in [0.05, 0.1) is 12.7 Å². The number of ketones is 1. The number of thiophene rings is 1. The molecule has 0 atom stereocenters. The van der Waals surface area contributed by atoms with Crippen LogP contribution >= 0.6 is 11.3 Å². The quantitative estimate of drug-likeness (QED) is 0.643. The number of aromatic nitrogens is 1. The molecule has 24 heavy (non-hydrogen) atoms. The van der Waals surface area contributed by atoms with Gasteiger partial charge in [0.2, 0.25) is 0 Å². The number of rotatable bonds is 6. The third kappa shape index (κ3) is 3.18. The molecule has 3 aromatic rings. The molecule has 0 bridgehead atoms. The highest BCUT2D eigenvalue weighted by Gasteiger charge is 2.22. The van der Waals surface area contributed by atoms with Crippen molar-refractivity contribution < 1.29 is 9.53 Å². The highest BCUT2D eigenvalue weighted by atomic mass is 32.1. The van der Waals surface area contributed by atoms with E-state index in [0.717, 1.165) is 33.5 Å². The van der Waals surface area contributed by atoms with Crippen LogP contribution in [0.15, 0.2) is 42.7 Å². The summed E-state index contributed by atoms with van der Waals surface area (Å²) in [7, 11) is 5.66. The third-order valence-corrected chi connectivity index (χ3v) is 5.16. The maximum Gasteiger partial charge on any atom is 0.200 e. The average molecular weight is 340 g/mol. The van der Waals surface area contributed by atoms with Crippen LogP contribution in [0.25, 0.3) is 10.1 Å². The highest BCUT2D eigenvalue weighted by Crippen LogP contribution is 2.34. The van der Waals surface area contributed by atoms with Crippen LogP contribution in [0.2, 0.25) is 0 Å². The fourth-order valence-corrected chi connectivity index (χ4v) is 3.90. The SMILES string of the molecule is COc1ccncc1C(=O)c1c(CCN(C)C)sc2ccccc12. The maximum absolute atomic E-state index is 13.2. The highest BCUT2D eigenvalue weighted by molar-refractivity contribution is 7.19. The third-order valence-electron chi connectivity index (χ3n) is 3.93. The van der Waals surface area contributed by atoms with Crippen LogP contribution in [0.1, 0.15) is 20.8 Å². The van der Waals surface area contributed by atoms with E-state index in [2.05, 4.69) is 16.0 Å². The van der Waals surface area contributed by atoms with Crippen molar-refractivity contribution in [3.63, 3.8) is 0 Å². The molecule has 0 spiro atoms. The number of methoxy groups -OCH3 is 1. The van der Waals surface area contributed by atoms with Crippen LogP contribution in [-0.2, 0) is 6.42 Å². The lowest BCUT2D eigenvalue weighted by Crippen LogP contribution is -2.16. The van der Waals surface area contributed by atoms with Gasteiger partial charge in [-0.3, -0.25) is 9.78 Å². The van der Waals surface area contributed by atoms with Gasteiger partial charge < -0.3 is 9.64 Å². The van der Waals surface area contributed by atoms with Gasteiger partial charge in [0.15, 0.2) is 5.78 Å². The largest absolute Gasteiger partial charge is 0.496 e. The van der Waals surface area contributed by atoms with Crippen molar-refractivity contribution in [3.8, 4) is 5.75 Å². The number of carbonyl (C=O) groups is 1. The first kappa shape index (κ1) is 16.6. The second kappa shape index (κ2) is 7.11. The maximum atomic E-state index is 13.2. The molecule has 2 aromatic heterocycles. The number of hydrogen-bond acceptors (Lipinski definition) is 5. The molecule has 0 unspecified atom stereocenters. The summed E-state index contributed by atoms with van der Waals surface area (Å²) in [4.78, 5) is 20.6. The fourth-order valence-electron chi connectivity index (χ4n) is 2.71. The summed E-state index contributed by atoms with van der Waals surface area (Å²) >= 11 is 1.69. The van der Waals surface area contributed by atoms with E-state index in [0.29, 0.717) is 11.3 Å². The number of ether oxygens (including phenoxy) is 1. The zero-order chi connectivity index (χ0) is 17.1. The Morgan fingerprint density at radius 1 is 1.25 bits per heavy atom. The zero-order valence-electron chi connectivity index (χ0n) is 14.1. The molecule has 5 heteroatoms. The molecule has 0 aliphatic heterocycles. The average Bonchev–Trinajstić information content (AvgIpc) is 2.97. The zero-order valence-corrected chi connectivity index (χ0v) is 14.9. The molecule has 0 saturated heterocycles. The molecule has 0 N–H and O–H groups in total. The number of hydrogen-bond donors (Lipinski definition) is 0. The van der Waals surface area contributed by atoms with Crippen molar-refractivity contribution in [2.24, 2.45) is 0 Å². The standard InChI is InChI=1S/C19H20N2O2S/c1-21(2)11-9-17-18(13-6-4-5-7-16(13)24-17)19(22)14-12-20-10-8-15(14)23-3/h4-8,10,12H,9,11H2,1-3H3. The van der Waals surface area contributed by atoms with Gasteiger partial charge in [-0.1, -0.05) is 18.2 Å². The summed E-state index contributed by atoms with van der Waals surface area (Å²) in [5, 5.41) is 1.01. The second-order valence-electron chi connectivity index (χ2n) is 5.85. The Hall–Kier alpha value is -2.24. The summed E-state index contributed by atoms with van der Waals surface area (Å²) in [6.45, 7) is 0.900. The van der Waals surface area contributed by atoms with Crippen molar-refractivity contribution in [3.05, 3.63) is 58.7 Å². The molecule has 0 radical (unpaired) electrons. The predicted octanol–water partition coefficient (Wildman–Crippen LogP) is 3.64. The summed E-state index contributed by atoms with van der Waals surface area (Å²) in [5.74, 6) is 0.537. The van der Waals surface area contributed by atoms with E-state index in [-0.39, 0.29) is 5.78 Å².